The van der Waals surface area contributed by atoms with Crippen LogP contribution < -0.4 is 5.73 Å². The molecule has 2 aromatic rings. The summed E-state index contributed by atoms with van der Waals surface area (Å²) in [5.74, 6) is -0.875. The minimum atomic E-state index is -0.449. The number of imidazole rings is 1. The Morgan fingerprint density at radius 1 is 1.31 bits per heavy atom. The van der Waals surface area contributed by atoms with Crippen LogP contribution in [0.1, 0.15) is 11.3 Å². The van der Waals surface area contributed by atoms with Crippen molar-refractivity contribution in [3.63, 3.8) is 0 Å². The Hall–Kier alpha value is -1.75. The zero-order valence-electron chi connectivity index (χ0n) is 8.53. The monoisotopic (exact) mass is 223 g/mol. The topological polar surface area (TPSA) is 43.8 Å². The first kappa shape index (κ1) is 10.8. The van der Waals surface area contributed by atoms with Crippen LogP contribution in [0.5, 0.6) is 0 Å². The van der Waals surface area contributed by atoms with Crippen molar-refractivity contribution in [3.05, 3.63) is 53.6 Å². The maximum absolute atomic E-state index is 13.3. The number of nitrogens with two attached hydrogens (primary N) is 1. The Bertz CT molecular complexity index is 494. The van der Waals surface area contributed by atoms with Gasteiger partial charge < -0.3 is 10.3 Å². The van der Waals surface area contributed by atoms with Crippen molar-refractivity contribution in [2.24, 2.45) is 5.73 Å². The second-order valence-electron chi connectivity index (χ2n) is 3.48. The van der Waals surface area contributed by atoms with Crippen molar-refractivity contribution >= 4 is 0 Å². The number of hydrogen-bond donors (Lipinski definition) is 1. The highest BCUT2D eigenvalue weighted by molar-refractivity contribution is 5.19. The molecule has 0 spiro atoms. The van der Waals surface area contributed by atoms with Gasteiger partial charge in [0.05, 0.1) is 18.6 Å². The van der Waals surface area contributed by atoms with E-state index in [1.807, 2.05) is 0 Å². The van der Waals surface area contributed by atoms with Crippen LogP contribution in [0.2, 0.25) is 0 Å². The highest BCUT2D eigenvalue weighted by atomic mass is 19.1. The molecule has 2 rings (SSSR count). The molecule has 1 aromatic carbocycles. The van der Waals surface area contributed by atoms with E-state index in [1.165, 1.54) is 6.07 Å². The maximum Gasteiger partial charge on any atom is 0.128 e. The quantitative estimate of drug-likeness (QED) is 0.860. The molecular weight excluding hydrogens is 212 g/mol. The van der Waals surface area contributed by atoms with Crippen LogP contribution in [0.3, 0.4) is 0 Å². The summed E-state index contributed by atoms with van der Waals surface area (Å²) in [5.41, 5.74) is 6.41. The summed E-state index contributed by atoms with van der Waals surface area (Å²) >= 11 is 0. The minimum absolute atomic E-state index is 0.247. The number of aromatic nitrogens is 2. The van der Waals surface area contributed by atoms with Gasteiger partial charge in [0.1, 0.15) is 11.6 Å². The number of hydrogen-bond acceptors (Lipinski definition) is 2. The molecule has 0 aliphatic carbocycles. The van der Waals surface area contributed by atoms with Crippen molar-refractivity contribution in [1.29, 1.82) is 0 Å². The van der Waals surface area contributed by atoms with Crippen LogP contribution in [0.25, 0.3) is 0 Å². The van der Waals surface area contributed by atoms with Crippen molar-refractivity contribution in [3.8, 4) is 0 Å². The smallest absolute Gasteiger partial charge is 0.128 e. The lowest BCUT2D eigenvalue weighted by molar-refractivity contribution is 0.577. The van der Waals surface area contributed by atoms with Gasteiger partial charge in [-0.25, -0.2) is 13.8 Å². The van der Waals surface area contributed by atoms with Crippen LogP contribution in [0.15, 0.2) is 30.7 Å². The van der Waals surface area contributed by atoms with Crippen LogP contribution in [-0.2, 0) is 13.1 Å². The summed E-state index contributed by atoms with van der Waals surface area (Å²) in [5, 5.41) is 0. The van der Waals surface area contributed by atoms with Gasteiger partial charge in [-0.2, -0.15) is 0 Å². The molecule has 0 unspecified atom stereocenters. The van der Waals surface area contributed by atoms with E-state index in [1.54, 1.807) is 17.1 Å². The first-order valence-electron chi connectivity index (χ1n) is 4.83. The lowest BCUT2D eigenvalue weighted by atomic mass is 10.2. The molecule has 5 heteroatoms. The van der Waals surface area contributed by atoms with Crippen LogP contribution >= 0.6 is 0 Å². The van der Waals surface area contributed by atoms with Gasteiger partial charge in [0.2, 0.25) is 0 Å². The largest absolute Gasteiger partial charge is 0.333 e. The molecule has 3 nitrogen and oxygen atoms in total. The van der Waals surface area contributed by atoms with E-state index in [-0.39, 0.29) is 6.54 Å². The molecule has 0 radical (unpaired) electrons. The molecule has 0 atom stereocenters. The average molecular weight is 223 g/mol. The predicted octanol–water partition coefficient (Wildman–Crippen LogP) is 1.67. The summed E-state index contributed by atoms with van der Waals surface area (Å²) in [6.07, 6.45) is 3.26. The van der Waals surface area contributed by atoms with Crippen LogP contribution in [-0.4, -0.2) is 9.55 Å². The SMILES string of the molecule is NCc1cn(Cc2cc(F)ccc2F)cn1. The maximum atomic E-state index is 13.3. The Labute approximate surface area is 91.5 Å². The molecule has 2 N–H and O–H groups in total. The van der Waals surface area contributed by atoms with Gasteiger partial charge in [-0.1, -0.05) is 0 Å². The predicted molar refractivity (Wildman–Crippen MR) is 55.6 cm³/mol. The summed E-state index contributed by atoms with van der Waals surface area (Å²) in [6, 6.07) is 3.39. The van der Waals surface area contributed by atoms with Crippen molar-refractivity contribution in [1.82, 2.24) is 9.55 Å². The molecule has 0 bridgehead atoms. The Balaban J connectivity index is 2.22. The van der Waals surface area contributed by atoms with E-state index in [2.05, 4.69) is 4.98 Å². The van der Waals surface area contributed by atoms with Gasteiger partial charge in [-0.15, -0.1) is 0 Å². The summed E-state index contributed by atoms with van der Waals surface area (Å²) in [7, 11) is 0. The molecule has 84 valence electrons. The van der Waals surface area contributed by atoms with E-state index < -0.39 is 11.6 Å². The van der Waals surface area contributed by atoms with Gasteiger partial charge in [0, 0.05) is 18.3 Å². The summed E-state index contributed by atoms with van der Waals surface area (Å²) < 4.78 is 27.9. The lowest BCUT2D eigenvalue weighted by Gasteiger charge is -2.03. The highest BCUT2D eigenvalue weighted by Gasteiger charge is 2.05. The number of rotatable bonds is 3. The first-order valence-corrected chi connectivity index (χ1v) is 4.83. The molecule has 0 aliphatic heterocycles. The molecule has 0 saturated heterocycles. The van der Waals surface area contributed by atoms with Crippen LogP contribution in [0, 0.1) is 11.6 Å². The summed E-state index contributed by atoms with van der Waals surface area (Å²) in [4.78, 5) is 4.00. The number of benzene rings is 1. The third-order valence-corrected chi connectivity index (χ3v) is 2.26. The highest BCUT2D eigenvalue weighted by Crippen LogP contribution is 2.11. The average Bonchev–Trinajstić information content (AvgIpc) is 2.71. The van der Waals surface area contributed by atoms with Crippen molar-refractivity contribution < 1.29 is 8.78 Å². The second kappa shape index (κ2) is 4.40. The molecule has 0 aliphatic rings. The van der Waals surface area contributed by atoms with E-state index in [0.29, 0.717) is 12.1 Å². The van der Waals surface area contributed by atoms with E-state index in [0.717, 1.165) is 17.8 Å². The third-order valence-electron chi connectivity index (χ3n) is 2.26. The molecule has 0 amide bonds. The van der Waals surface area contributed by atoms with E-state index in [9.17, 15) is 8.78 Å². The fourth-order valence-electron chi connectivity index (χ4n) is 1.46. The standard InChI is InChI=1S/C11H11F2N3/c12-9-1-2-11(13)8(3-9)5-16-6-10(4-14)15-7-16/h1-3,6-7H,4-5,14H2. The number of nitrogens with zero attached hydrogens (tertiary/aromatic N) is 2. The molecule has 1 aromatic heterocycles. The van der Waals surface area contributed by atoms with Gasteiger partial charge in [0.15, 0.2) is 0 Å². The van der Waals surface area contributed by atoms with E-state index >= 15 is 0 Å². The van der Waals surface area contributed by atoms with Gasteiger partial charge >= 0.3 is 0 Å². The van der Waals surface area contributed by atoms with Crippen molar-refractivity contribution in [2.75, 3.05) is 0 Å². The van der Waals surface area contributed by atoms with E-state index in [4.69, 9.17) is 5.73 Å². The fraction of sp³-hybridized carbons (Fsp3) is 0.182. The first-order chi connectivity index (χ1) is 7.69. The zero-order chi connectivity index (χ0) is 11.5. The zero-order valence-corrected chi connectivity index (χ0v) is 8.53. The minimum Gasteiger partial charge on any atom is -0.333 e. The molecule has 1 heterocycles. The normalized spacial score (nSPS) is 10.7. The molecule has 16 heavy (non-hydrogen) atoms. The molecule has 0 fully saturated rings. The molecular formula is C11H11F2N3. The Morgan fingerprint density at radius 3 is 2.81 bits per heavy atom. The Kier molecular flexibility index (Phi) is 2.96. The van der Waals surface area contributed by atoms with Crippen molar-refractivity contribution in [2.45, 2.75) is 13.1 Å². The fourth-order valence-corrected chi connectivity index (χ4v) is 1.46. The molecule has 0 saturated carbocycles. The van der Waals surface area contributed by atoms with Gasteiger partial charge in [-0.05, 0) is 18.2 Å². The number of halogens is 2. The third kappa shape index (κ3) is 2.25. The van der Waals surface area contributed by atoms with Gasteiger partial charge in [-0.3, -0.25) is 0 Å². The Morgan fingerprint density at radius 2 is 2.12 bits per heavy atom. The van der Waals surface area contributed by atoms with Gasteiger partial charge in [0.25, 0.3) is 0 Å². The second-order valence-corrected chi connectivity index (χ2v) is 3.48. The lowest BCUT2D eigenvalue weighted by Crippen LogP contribution is -2.00. The van der Waals surface area contributed by atoms with Crippen LogP contribution in [0.4, 0.5) is 8.78 Å². The summed E-state index contributed by atoms with van der Waals surface area (Å²) in [6.45, 7) is 0.579.